The molecule has 0 bridgehead atoms. The zero-order valence-electron chi connectivity index (χ0n) is 13.3. The number of carboxylic acids is 2. The Morgan fingerprint density at radius 1 is 0.650 bits per heavy atom. The van der Waals surface area contributed by atoms with E-state index >= 15 is 0 Å². The summed E-state index contributed by atoms with van der Waals surface area (Å²) < 4.78 is 0. The topological polar surface area (TPSA) is 74.6 Å². The molecule has 0 rings (SSSR count). The van der Waals surface area contributed by atoms with Gasteiger partial charge in [-0.2, -0.15) is 0 Å². The van der Waals surface area contributed by atoms with Gasteiger partial charge in [0, 0.05) is 0 Å². The first-order chi connectivity index (χ1) is 9.07. The number of carboxylic acid groups (broad SMARTS) is 2. The molecule has 0 saturated carbocycles. The maximum absolute atomic E-state index is 10.3. The number of aliphatic carboxylic acids is 2. The van der Waals surface area contributed by atoms with Crippen molar-refractivity contribution in [1.29, 1.82) is 0 Å². The third-order valence-corrected chi connectivity index (χ3v) is 2.35. The number of rotatable bonds is 6. The van der Waals surface area contributed by atoms with Crippen LogP contribution in [0.1, 0.15) is 41.5 Å². The molecule has 0 aliphatic rings. The van der Waals surface area contributed by atoms with Gasteiger partial charge < -0.3 is 10.2 Å². The molecule has 0 spiro atoms. The van der Waals surface area contributed by atoms with E-state index in [9.17, 15) is 9.59 Å². The molecule has 116 valence electrons. The van der Waals surface area contributed by atoms with Gasteiger partial charge >= 0.3 is 11.9 Å². The molecule has 4 nitrogen and oxygen atoms in total. The molecule has 20 heavy (non-hydrogen) atoms. The monoisotopic (exact) mass is 284 g/mol. The molecule has 2 N–H and O–H groups in total. The summed E-state index contributed by atoms with van der Waals surface area (Å²) in [6, 6.07) is 0. The predicted octanol–water partition coefficient (Wildman–Crippen LogP) is 3.84. The molecule has 0 aromatic rings. The van der Waals surface area contributed by atoms with Crippen molar-refractivity contribution in [3.63, 3.8) is 0 Å². The molecular weight excluding hydrogens is 256 g/mol. The van der Waals surface area contributed by atoms with Crippen molar-refractivity contribution in [1.82, 2.24) is 0 Å². The molecule has 0 aromatic heterocycles. The first-order valence-corrected chi connectivity index (χ1v) is 6.90. The van der Waals surface area contributed by atoms with Crippen LogP contribution in [0.25, 0.3) is 0 Å². The quantitative estimate of drug-likeness (QED) is 0.727. The molecule has 4 heteroatoms. The van der Waals surface area contributed by atoms with Crippen molar-refractivity contribution in [3.8, 4) is 0 Å². The number of carbonyl (C=O) groups is 2. The minimum Gasteiger partial charge on any atom is -0.481 e. The lowest BCUT2D eigenvalue weighted by Crippen LogP contribution is -2.09. The molecule has 0 saturated heterocycles. The zero-order chi connectivity index (χ0) is 16.3. The standard InChI is InChI=1S/C8H12O4.C8H16/c1-5(7(9)10)3-4-6(2)8(11)12;1-7(2)5-6-8(3)4/h3-6H,1-2H3,(H,9,10)(H,11,12);5-8H,1-4H3/b4-3+;6-5+/t5-,6+;. The van der Waals surface area contributed by atoms with Gasteiger partial charge in [0.25, 0.3) is 0 Å². The van der Waals surface area contributed by atoms with Crippen LogP contribution >= 0.6 is 0 Å². The molecule has 0 aliphatic carbocycles. The van der Waals surface area contributed by atoms with Crippen LogP contribution in [0.4, 0.5) is 0 Å². The highest BCUT2D eigenvalue weighted by molar-refractivity contribution is 5.73. The molecule has 0 fully saturated rings. The Kier molecular flexibility index (Phi) is 11.7. The van der Waals surface area contributed by atoms with E-state index in [2.05, 4.69) is 39.8 Å². The molecule has 0 aromatic carbocycles. The van der Waals surface area contributed by atoms with Crippen LogP contribution in [-0.4, -0.2) is 22.2 Å². The van der Waals surface area contributed by atoms with E-state index in [1.54, 1.807) is 0 Å². The molecule has 0 amide bonds. The van der Waals surface area contributed by atoms with Crippen LogP contribution in [-0.2, 0) is 9.59 Å². The fourth-order valence-electron chi connectivity index (χ4n) is 0.942. The lowest BCUT2D eigenvalue weighted by atomic mass is 10.1. The molecule has 2 atom stereocenters. The highest BCUT2D eigenvalue weighted by Gasteiger charge is 2.09. The van der Waals surface area contributed by atoms with Gasteiger partial charge in [-0.1, -0.05) is 52.0 Å². The van der Waals surface area contributed by atoms with Crippen LogP contribution in [0.3, 0.4) is 0 Å². The summed E-state index contributed by atoms with van der Waals surface area (Å²) in [7, 11) is 0. The fraction of sp³-hybridized carbons (Fsp3) is 0.625. The third kappa shape index (κ3) is 14.5. The van der Waals surface area contributed by atoms with Crippen molar-refractivity contribution in [3.05, 3.63) is 24.3 Å². The van der Waals surface area contributed by atoms with E-state index < -0.39 is 23.8 Å². The summed E-state index contributed by atoms with van der Waals surface area (Å²) in [4.78, 5) is 20.6. The van der Waals surface area contributed by atoms with Crippen LogP contribution in [0.15, 0.2) is 24.3 Å². The van der Waals surface area contributed by atoms with E-state index in [-0.39, 0.29) is 0 Å². The van der Waals surface area contributed by atoms with Gasteiger partial charge in [-0.05, 0) is 25.7 Å². The molecule has 0 unspecified atom stereocenters. The van der Waals surface area contributed by atoms with Crippen LogP contribution < -0.4 is 0 Å². The second kappa shape index (κ2) is 11.3. The van der Waals surface area contributed by atoms with Gasteiger partial charge in [-0.25, -0.2) is 0 Å². The van der Waals surface area contributed by atoms with Gasteiger partial charge in [-0.3, -0.25) is 9.59 Å². The van der Waals surface area contributed by atoms with Gasteiger partial charge in [0.1, 0.15) is 0 Å². The van der Waals surface area contributed by atoms with Crippen molar-refractivity contribution >= 4 is 11.9 Å². The Bertz CT molecular complexity index is 308. The highest BCUT2D eigenvalue weighted by Crippen LogP contribution is 2.02. The largest absolute Gasteiger partial charge is 0.481 e. The van der Waals surface area contributed by atoms with E-state index in [4.69, 9.17) is 10.2 Å². The second-order valence-electron chi connectivity index (χ2n) is 5.51. The van der Waals surface area contributed by atoms with E-state index in [0.29, 0.717) is 11.8 Å². The highest BCUT2D eigenvalue weighted by atomic mass is 16.4. The molecule has 0 aliphatic heterocycles. The third-order valence-electron chi connectivity index (χ3n) is 2.35. The summed E-state index contributed by atoms with van der Waals surface area (Å²) in [5.74, 6) is -1.76. The Morgan fingerprint density at radius 3 is 1.05 bits per heavy atom. The van der Waals surface area contributed by atoms with Crippen molar-refractivity contribution in [2.45, 2.75) is 41.5 Å². The molecule has 0 radical (unpaired) electrons. The van der Waals surface area contributed by atoms with Crippen molar-refractivity contribution in [2.24, 2.45) is 23.7 Å². The minimum absolute atomic E-state index is 0.633. The number of hydrogen-bond acceptors (Lipinski definition) is 2. The Balaban J connectivity index is 0. The SMILES string of the molecule is CC(C)/C=C/C(C)C.C[C@H](/C=C/[C@H](C)C(=O)O)C(=O)O. The van der Waals surface area contributed by atoms with Gasteiger partial charge in [0.15, 0.2) is 0 Å². The predicted molar refractivity (Wildman–Crippen MR) is 81.6 cm³/mol. The van der Waals surface area contributed by atoms with E-state index in [0.717, 1.165) is 0 Å². The summed E-state index contributed by atoms with van der Waals surface area (Å²) in [6.07, 6.45) is 7.23. The van der Waals surface area contributed by atoms with Crippen LogP contribution in [0.2, 0.25) is 0 Å². The smallest absolute Gasteiger partial charge is 0.310 e. The summed E-state index contributed by atoms with van der Waals surface area (Å²) >= 11 is 0. The number of allylic oxidation sites excluding steroid dienone is 2. The average molecular weight is 284 g/mol. The maximum Gasteiger partial charge on any atom is 0.310 e. The van der Waals surface area contributed by atoms with Crippen LogP contribution in [0, 0.1) is 23.7 Å². The first-order valence-electron chi connectivity index (χ1n) is 6.90. The normalized spacial score (nSPS) is 14.4. The van der Waals surface area contributed by atoms with Crippen molar-refractivity contribution < 1.29 is 19.8 Å². The van der Waals surface area contributed by atoms with Gasteiger partial charge in [0.2, 0.25) is 0 Å². The summed E-state index contributed by atoms with van der Waals surface area (Å²) in [6.45, 7) is 11.8. The van der Waals surface area contributed by atoms with Crippen molar-refractivity contribution in [2.75, 3.05) is 0 Å². The Labute approximate surface area is 122 Å². The van der Waals surface area contributed by atoms with Gasteiger partial charge in [0.05, 0.1) is 11.8 Å². The lowest BCUT2D eigenvalue weighted by Gasteiger charge is -2.00. The Hall–Kier alpha value is -1.58. The zero-order valence-corrected chi connectivity index (χ0v) is 13.3. The first kappa shape index (κ1) is 20.7. The minimum atomic E-state index is -0.955. The van der Waals surface area contributed by atoms with E-state index in [1.807, 2.05) is 0 Å². The number of hydrogen-bond donors (Lipinski definition) is 2. The summed E-state index contributed by atoms with van der Waals surface area (Å²) in [5, 5.41) is 16.9. The Morgan fingerprint density at radius 2 is 0.900 bits per heavy atom. The summed E-state index contributed by atoms with van der Waals surface area (Å²) in [5.41, 5.74) is 0. The fourth-order valence-corrected chi connectivity index (χ4v) is 0.942. The second-order valence-corrected chi connectivity index (χ2v) is 5.51. The van der Waals surface area contributed by atoms with Gasteiger partial charge in [-0.15, -0.1) is 0 Å². The van der Waals surface area contributed by atoms with Crippen LogP contribution in [0.5, 0.6) is 0 Å². The van der Waals surface area contributed by atoms with E-state index in [1.165, 1.54) is 26.0 Å². The maximum atomic E-state index is 10.3. The lowest BCUT2D eigenvalue weighted by molar-refractivity contribution is -0.141. The molecule has 0 heterocycles. The average Bonchev–Trinajstić information content (AvgIpc) is 2.33. The molecular formula is C16H28O4.